The molecule has 0 saturated heterocycles. The average Bonchev–Trinajstić information content (AvgIpc) is 2.47. The summed E-state index contributed by atoms with van der Waals surface area (Å²) in [7, 11) is 0. The van der Waals surface area contributed by atoms with Gasteiger partial charge in [0.05, 0.1) is 6.10 Å². The van der Waals surface area contributed by atoms with Crippen LogP contribution in [0.5, 0.6) is 5.88 Å². The fourth-order valence-corrected chi connectivity index (χ4v) is 2.27. The van der Waals surface area contributed by atoms with Crippen molar-refractivity contribution in [2.75, 3.05) is 0 Å². The molecule has 0 N–H and O–H groups in total. The van der Waals surface area contributed by atoms with Gasteiger partial charge in [-0.1, -0.05) is 32.8 Å². The standard InChI is InChI=1S/C18H25N3O/c1-5-8-14-10-7-11-16(19-14)18-20-15(9-6-2)12-17(21-18)22-13(3)4/h7,10-13H,5-6,8-9H2,1-4H3. The zero-order chi connectivity index (χ0) is 15.9. The van der Waals surface area contributed by atoms with Crippen LogP contribution in [-0.4, -0.2) is 21.1 Å². The number of aromatic nitrogens is 3. The topological polar surface area (TPSA) is 47.9 Å². The third-order valence-electron chi connectivity index (χ3n) is 3.16. The maximum Gasteiger partial charge on any atom is 0.217 e. The van der Waals surface area contributed by atoms with Crippen molar-refractivity contribution in [1.82, 2.24) is 15.0 Å². The van der Waals surface area contributed by atoms with E-state index < -0.39 is 0 Å². The molecule has 0 atom stereocenters. The molecule has 22 heavy (non-hydrogen) atoms. The van der Waals surface area contributed by atoms with E-state index in [1.807, 2.05) is 32.0 Å². The Bertz CT molecular complexity index is 611. The Kier molecular flexibility index (Phi) is 5.87. The number of rotatable bonds is 7. The third kappa shape index (κ3) is 4.52. The molecule has 0 aliphatic carbocycles. The zero-order valence-corrected chi connectivity index (χ0v) is 14.0. The summed E-state index contributed by atoms with van der Waals surface area (Å²) in [5, 5.41) is 0. The molecular formula is C18H25N3O. The highest BCUT2D eigenvalue weighted by atomic mass is 16.5. The number of pyridine rings is 1. The predicted molar refractivity (Wildman–Crippen MR) is 89.0 cm³/mol. The van der Waals surface area contributed by atoms with Crippen LogP contribution in [0, 0.1) is 0 Å². The molecule has 0 amide bonds. The first-order valence-electron chi connectivity index (χ1n) is 8.13. The van der Waals surface area contributed by atoms with E-state index in [1.165, 1.54) is 0 Å². The SMILES string of the molecule is CCCc1cccc(-c2nc(CCC)cc(OC(C)C)n2)n1. The lowest BCUT2D eigenvalue weighted by Crippen LogP contribution is -2.09. The van der Waals surface area contributed by atoms with Crippen LogP contribution in [0.15, 0.2) is 24.3 Å². The van der Waals surface area contributed by atoms with Gasteiger partial charge in [-0.2, -0.15) is 4.98 Å². The minimum Gasteiger partial charge on any atom is -0.475 e. The van der Waals surface area contributed by atoms with Crippen LogP contribution >= 0.6 is 0 Å². The molecule has 0 aliphatic rings. The largest absolute Gasteiger partial charge is 0.475 e. The molecule has 0 aliphatic heterocycles. The highest BCUT2D eigenvalue weighted by Crippen LogP contribution is 2.20. The van der Waals surface area contributed by atoms with Gasteiger partial charge in [0.1, 0.15) is 5.69 Å². The minimum absolute atomic E-state index is 0.0941. The molecule has 0 saturated carbocycles. The maximum absolute atomic E-state index is 5.76. The number of hydrogen-bond donors (Lipinski definition) is 0. The van der Waals surface area contributed by atoms with Crippen LogP contribution < -0.4 is 4.74 Å². The van der Waals surface area contributed by atoms with Gasteiger partial charge >= 0.3 is 0 Å². The molecular weight excluding hydrogens is 274 g/mol. The van der Waals surface area contributed by atoms with Crippen LogP contribution in [0.4, 0.5) is 0 Å². The van der Waals surface area contributed by atoms with Crippen LogP contribution in [0.1, 0.15) is 51.9 Å². The highest BCUT2D eigenvalue weighted by Gasteiger charge is 2.10. The molecule has 0 fully saturated rings. The van der Waals surface area contributed by atoms with Gasteiger partial charge in [0.15, 0.2) is 5.82 Å². The van der Waals surface area contributed by atoms with Crippen molar-refractivity contribution in [2.45, 2.75) is 59.5 Å². The van der Waals surface area contributed by atoms with Crippen LogP contribution in [-0.2, 0) is 12.8 Å². The van der Waals surface area contributed by atoms with Crippen molar-refractivity contribution in [3.8, 4) is 17.4 Å². The van der Waals surface area contributed by atoms with E-state index in [0.717, 1.165) is 42.8 Å². The van der Waals surface area contributed by atoms with Crippen molar-refractivity contribution in [3.63, 3.8) is 0 Å². The van der Waals surface area contributed by atoms with E-state index in [1.54, 1.807) is 0 Å². The first kappa shape index (κ1) is 16.4. The van der Waals surface area contributed by atoms with E-state index in [2.05, 4.69) is 34.9 Å². The van der Waals surface area contributed by atoms with Crippen molar-refractivity contribution in [2.24, 2.45) is 0 Å². The maximum atomic E-state index is 5.76. The summed E-state index contributed by atoms with van der Waals surface area (Å²) in [6.07, 6.45) is 4.10. The Hall–Kier alpha value is -1.97. The number of nitrogens with zero attached hydrogens (tertiary/aromatic N) is 3. The predicted octanol–water partition coefficient (Wildman–Crippen LogP) is 4.23. The van der Waals surface area contributed by atoms with E-state index in [-0.39, 0.29) is 6.10 Å². The van der Waals surface area contributed by atoms with Gasteiger partial charge in [-0.05, 0) is 38.8 Å². The second-order valence-corrected chi connectivity index (χ2v) is 5.70. The van der Waals surface area contributed by atoms with Crippen LogP contribution in [0.2, 0.25) is 0 Å². The zero-order valence-electron chi connectivity index (χ0n) is 14.0. The van der Waals surface area contributed by atoms with Crippen LogP contribution in [0.3, 0.4) is 0 Å². The van der Waals surface area contributed by atoms with Gasteiger partial charge in [0.2, 0.25) is 5.88 Å². The molecule has 2 aromatic heterocycles. The summed E-state index contributed by atoms with van der Waals surface area (Å²) >= 11 is 0. The fraction of sp³-hybridized carbons (Fsp3) is 0.500. The summed E-state index contributed by atoms with van der Waals surface area (Å²) in [5.41, 5.74) is 2.90. The Labute approximate surface area is 133 Å². The molecule has 0 radical (unpaired) electrons. The molecule has 0 unspecified atom stereocenters. The van der Waals surface area contributed by atoms with E-state index in [0.29, 0.717) is 11.7 Å². The van der Waals surface area contributed by atoms with Gasteiger partial charge < -0.3 is 4.74 Å². The third-order valence-corrected chi connectivity index (χ3v) is 3.16. The van der Waals surface area contributed by atoms with Crippen molar-refractivity contribution in [1.29, 1.82) is 0 Å². The fourth-order valence-electron chi connectivity index (χ4n) is 2.27. The Balaban J connectivity index is 2.39. The second-order valence-electron chi connectivity index (χ2n) is 5.70. The van der Waals surface area contributed by atoms with Crippen molar-refractivity contribution in [3.05, 3.63) is 35.7 Å². The van der Waals surface area contributed by atoms with Gasteiger partial charge in [-0.15, -0.1) is 0 Å². The smallest absolute Gasteiger partial charge is 0.217 e. The molecule has 2 aromatic rings. The number of aryl methyl sites for hydroxylation is 2. The summed E-state index contributed by atoms with van der Waals surface area (Å²) < 4.78 is 5.76. The molecule has 4 nitrogen and oxygen atoms in total. The monoisotopic (exact) mass is 299 g/mol. The lowest BCUT2D eigenvalue weighted by molar-refractivity contribution is 0.232. The summed E-state index contributed by atoms with van der Waals surface area (Å²) in [6.45, 7) is 8.30. The molecule has 118 valence electrons. The van der Waals surface area contributed by atoms with Gasteiger partial charge in [0, 0.05) is 17.5 Å². The normalized spacial score (nSPS) is 11.0. The van der Waals surface area contributed by atoms with E-state index >= 15 is 0 Å². The Morgan fingerprint density at radius 2 is 1.68 bits per heavy atom. The Morgan fingerprint density at radius 1 is 0.955 bits per heavy atom. The van der Waals surface area contributed by atoms with E-state index in [9.17, 15) is 0 Å². The number of ether oxygens (including phenoxy) is 1. The quantitative estimate of drug-likeness (QED) is 0.767. The van der Waals surface area contributed by atoms with Gasteiger partial charge in [-0.25, -0.2) is 9.97 Å². The minimum atomic E-state index is 0.0941. The lowest BCUT2D eigenvalue weighted by Gasteiger charge is -2.11. The van der Waals surface area contributed by atoms with E-state index in [4.69, 9.17) is 4.74 Å². The van der Waals surface area contributed by atoms with Crippen molar-refractivity contribution < 1.29 is 4.74 Å². The highest BCUT2D eigenvalue weighted by molar-refractivity contribution is 5.50. The first-order chi connectivity index (χ1) is 10.6. The Morgan fingerprint density at radius 3 is 2.36 bits per heavy atom. The molecule has 4 heteroatoms. The molecule has 2 heterocycles. The number of hydrogen-bond acceptors (Lipinski definition) is 4. The second kappa shape index (κ2) is 7.87. The summed E-state index contributed by atoms with van der Waals surface area (Å²) in [4.78, 5) is 13.9. The summed E-state index contributed by atoms with van der Waals surface area (Å²) in [6, 6.07) is 7.97. The van der Waals surface area contributed by atoms with Gasteiger partial charge in [-0.3, -0.25) is 0 Å². The summed E-state index contributed by atoms with van der Waals surface area (Å²) in [5.74, 6) is 1.28. The lowest BCUT2D eigenvalue weighted by atomic mass is 10.2. The van der Waals surface area contributed by atoms with Crippen LogP contribution in [0.25, 0.3) is 11.5 Å². The first-order valence-corrected chi connectivity index (χ1v) is 8.13. The molecule has 2 rings (SSSR count). The average molecular weight is 299 g/mol. The molecule has 0 aromatic carbocycles. The molecule has 0 bridgehead atoms. The molecule has 0 spiro atoms. The van der Waals surface area contributed by atoms with Gasteiger partial charge in [0.25, 0.3) is 0 Å². The van der Waals surface area contributed by atoms with Crippen molar-refractivity contribution >= 4 is 0 Å².